The summed E-state index contributed by atoms with van der Waals surface area (Å²) in [5.41, 5.74) is 6.44. The van der Waals surface area contributed by atoms with Crippen molar-refractivity contribution in [1.82, 2.24) is 10.2 Å². The van der Waals surface area contributed by atoms with Crippen LogP contribution in [0.5, 0.6) is 0 Å². The van der Waals surface area contributed by atoms with Crippen LogP contribution in [-0.2, 0) is 4.79 Å². The van der Waals surface area contributed by atoms with Crippen molar-refractivity contribution in [2.45, 2.75) is 31.7 Å². The number of nitrogens with two attached hydrogens (primary N) is 1. The van der Waals surface area contributed by atoms with Gasteiger partial charge >= 0.3 is 0 Å². The number of rotatable bonds is 5. The van der Waals surface area contributed by atoms with Crippen molar-refractivity contribution in [2.75, 3.05) is 19.6 Å². The molecule has 1 atom stereocenters. The molecule has 5 nitrogen and oxygen atoms in total. The minimum absolute atomic E-state index is 0.0994. The molecular formula is C16H22ClN3O2. The van der Waals surface area contributed by atoms with E-state index in [9.17, 15) is 9.59 Å². The molecule has 22 heavy (non-hydrogen) atoms. The third-order valence-electron chi connectivity index (χ3n) is 3.77. The van der Waals surface area contributed by atoms with Crippen LogP contribution in [0.1, 0.15) is 36.0 Å². The van der Waals surface area contributed by atoms with Crippen molar-refractivity contribution in [3.63, 3.8) is 0 Å². The highest BCUT2D eigenvalue weighted by Crippen LogP contribution is 2.11. The average Bonchev–Trinajstić information content (AvgIpc) is 2.51. The molecule has 1 fully saturated rings. The number of benzene rings is 1. The molecule has 1 saturated heterocycles. The Bertz CT molecular complexity index is 519. The van der Waals surface area contributed by atoms with Gasteiger partial charge in [-0.3, -0.25) is 9.59 Å². The summed E-state index contributed by atoms with van der Waals surface area (Å²) < 4.78 is 0. The minimum atomic E-state index is -0.149. The predicted molar refractivity (Wildman–Crippen MR) is 86.8 cm³/mol. The lowest BCUT2D eigenvalue weighted by Gasteiger charge is -2.30. The fourth-order valence-electron chi connectivity index (χ4n) is 2.54. The molecule has 0 aromatic heterocycles. The van der Waals surface area contributed by atoms with Crippen LogP contribution in [0.4, 0.5) is 0 Å². The van der Waals surface area contributed by atoms with E-state index in [0.717, 1.165) is 19.4 Å². The van der Waals surface area contributed by atoms with Crippen LogP contribution in [0.2, 0.25) is 5.02 Å². The van der Waals surface area contributed by atoms with Gasteiger partial charge in [0.15, 0.2) is 0 Å². The van der Waals surface area contributed by atoms with Gasteiger partial charge in [-0.05, 0) is 43.5 Å². The molecule has 1 aliphatic rings. The highest BCUT2D eigenvalue weighted by Gasteiger charge is 2.20. The molecule has 2 amide bonds. The van der Waals surface area contributed by atoms with Crippen molar-refractivity contribution < 1.29 is 9.59 Å². The predicted octanol–water partition coefficient (Wildman–Crippen LogP) is 1.80. The largest absolute Gasteiger partial charge is 0.352 e. The van der Waals surface area contributed by atoms with Crippen molar-refractivity contribution in [1.29, 1.82) is 0 Å². The van der Waals surface area contributed by atoms with E-state index in [0.29, 0.717) is 36.5 Å². The first-order valence-corrected chi connectivity index (χ1v) is 8.01. The zero-order valence-electron chi connectivity index (χ0n) is 12.6. The number of amides is 2. The quantitative estimate of drug-likeness (QED) is 0.811. The molecule has 0 saturated carbocycles. The fraction of sp³-hybridized carbons (Fsp3) is 0.500. The number of likely N-dealkylation sites (tertiary alicyclic amines) is 1. The van der Waals surface area contributed by atoms with Gasteiger partial charge in [-0.1, -0.05) is 11.6 Å². The number of hydrogen-bond acceptors (Lipinski definition) is 3. The lowest BCUT2D eigenvalue weighted by Crippen LogP contribution is -2.45. The number of halogens is 1. The van der Waals surface area contributed by atoms with Crippen LogP contribution >= 0.6 is 11.6 Å². The molecular weight excluding hydrogens is 302 g/mol. The minimum Gasteiger partial charge on any atom is -0.352 e. The third-order valence-corrected chi connectivity index (χ3v) is 4.02. The summed E-state index contributed by atoms with van der Waals surface area (Å²) in [6.07, 6.45) is 3.03. The van der Waals surface area contributed by atoms with E-state index >= 15 is 0 Å². The first-order valence-electron chi connectivity index (χ1n) is 7.63. The number of carbonyl (C=O) groups is 2. The number of piperidine rings is 1. The fourth-order valence-corrected chi connectivity index (χ4v) is 2.67. The molecule has 1 aromatic carbocycles. The highest BCUT2D eigenvalue weighted by atomic mass is 35.5. The second-order valence-corrected chi connectivity index (χ2v) is 6.04. The van der Waals surface area contributed by atoms with E-state index < -0.39 is 0 Å². The molecule has 6 heteroatoms. The Morgan fingerprint density at radius 3 is 2.73 bits per heavy atom. The van der Waals surface area contributed by atoms with Crippen molar-refractivity contribution in [3.05, 3.63) is 34.9 Å². The number of nitrogens with zero attached hydrogens (tertiary/aromatic N) is 1. The Kier molecular flexibility index (Phi) is 6.21. The molecule has 3 N–H and O–H groups in total. The van der Waals surface area contributed by atoms with E-state index in [-0.39, 0.29) is 17.9 Å². The van der Waals surface area contributed by atoms with Crippen LogP contribution in [0.3, 0.4) is 0 Å². The maximum atomic E-state index is 12.0. The third kappa shape index (κ3) is 5.00. The summed E-state index contributed by atoms with van der Waals surface area (Å²) in [4.78, 5) is 25.7. The zero-order valence-corrected chi connectivity index (χ0v) is 13.3. The van der Waals surface area contributed by atoms with Gasteiger partial charge in [0.2, 0.25) is 5.91 Å². The highest BCUT2D eigenvalue weighted by molar-refractivity contribution is 6.30. The van der Waals surface area contributed by atoms with Crippen molar-refractivity contribution >= 4 is 23.4 Å². The summed E-state index contributed by atoms with van der Waals surface area (Å²) in [7, 11) is 0. The van der Waals surface area contributed by atoms with Crippen LogP contribution in [0.25, 0.3) is 0 Å². The molecule has 1 aromatic rings. The van der Waals surface area contributed by atoms with Crippen molar-refractivity contribution in [3.8, 4) is 0 Å². The Hall–Kier alpha value is -1.59. The second-order valence-electron chi connectivity index (χ2n) is 5.61. The molecule has 0 radical (unpaired) electrons. The van der Waals surface area contributed by atoms with Crippen LogP contribution < -0.4 is 11.1 Å². The number of hydrogen-bond donors (Lipinski definition) is 2. The lowest BCUT2D eigenvalue weighted by molar-refractivity contribution is -0.132. The van der Waals surface area contributed by atoms with Crippen LogP contribution in [0.15, 0.2) is 24.3 Å². The normalized spacial score (nSPS) is 18.1. The number of nitrogens with one attached hydrogen (secondary N) is 1. The number of carbonyl (C=O) groups excluding carboxylic acids is 2. The van der Waals surface area contributed by atoms with Crippen LogP contribution in [-0.4, -0.2) is 42.4 Å². The molecule has 120 valence electrons. The topological polar surface area (TPSA) is 75.4 Å². The molecule has 0 spiro atoms. The van der Waals surface area contributed by atoms with E-state index in [2.05, 4.69) is 5.32 Å². The molecule has 2 rings (SSSR count). The van der Waals surface area contributed by atoms with Gasteiger partial charge in [0.25, 0.3) is 5.91 Å². The van der Waals surface area contributed by atoms with Gasteiger partial charge in [0.1, 0.15) is 0 Å². The smallest absolute Gasteiger partial charge is 0.251 e. The van der Waals surface area contributed by atoms with E-state index in [1.165, 1.54) is 0 Å². The molecule has 1 heterocycles. The second kappa shape index (κ2) is 8.15. The Balaban J connectivity index is 1.67. The summed E-state index contributed by atoms with van der Waals surface area (Å²) in [5.74, 6) is -0.0278. The van der Waals surface area contributed by atoms with E-state index in [1.54, 1.807) is 24.3 Å². The SMILES string of the molecule is NC1CCCN(C(=O)CCCNC(=O)c2ccc(Cl)cc2)C1. The maximum absolute atomic E-state index is 12.0. The van der Waals surface area contributed by atoms with Gasteiger partial charge in [-0.15, -0.1) is 0 Å². The summed E-state index contributed by atoms with van der Waals surface area (Å²) in [5, 5.41) is 3.41. The first-order chi connectivity index (χ1) is 10.6. The lowest BCUT2D eigenvalue weighted by atomic mass is 10.1. The first kappa shape index (κ1) is 16.8. The molecule has 0 bridgehead atoms. The standard InChI is InChI=1S/C16H22ClN3O2/c17-13-7-5-12(6-8-13)16(22)19-9-1-4-15(21)20-10-2-3-14(18)11-20/h5-8,14H,1-4,9-11,18H2,(H,19,22). The maximum Gasteiger partial charge on any atom is 0.251 e. The van der Waals surface area contributed by atoms with Gasteiger partial charge in [-0.2, -0.15) is 0 Å². The van der Waals surface area contributed by atoms with E-state index in [4.69, 9.17) is 17.3 Å². The van der Waals surface area contributed by atoms with E-state index in [1.807, 2.05) is 4.90 Å². The zero-order chi connectivity index (χ0) is 15.9. The summed E-state index contributed by atoms with van der Waals surface area (Å²) in [6.45, 7) is 1.92. The van der Waals surface area contributed by atoms with Gasteiger partial charge < -0.3 is 16.0 Å². The van der Waals surface area contributed by atoms with Crippen LogP contribution in [0, 0.1) is 0 Å². The van der Waals surface area contributed by atoms with Crippen molar-refractivity contribution in [2.24, 2.45) is 5.73 Å². The average molecular weight is 324 g/mol. The van der Waals surface area contributed by atoms with Gasteiger partial charge in [0.05, 0.1) is 0 Å². The molecule has 1 unspecified atom stereocenters. The van der Waals surface area contributed by atoms with Gasteiger partial charge in [0, 0.05) is 42.7 Å². The molecule has 0 aliphatic carbocycles. The monoisotopic (exact) mass is 323 g/mol. The molecule has 1 aliphatic heterocycles. The Morgan fingerprint density at radius 1 is 1.32 bits per heavy atom. The Morgan fingerprint density at radius 2 is 2.05 bits per heavy atom. The summed E-state index contributed by atoms with van der Waals surface area (Å²) in [6, 6.07) is 6.82. The Labute approximate surface area is 135 Å². The summed E-state index contributed by atoms with van der Waals surface area (Å²) >= 11 is 5.78. The van der Waals surface area contributed by atoms with Gasteiger partial charge in [-0.25, -0.2) is 0 Å².